The van der Waals surface area contributed by atoms with Crippen molar-refractivity contribution >= 4 is 16.7 Å². The van der Waals surface area contributed by atoms with Gasteiger partial charge < -0.3 is 9.30 Å². The molecule has 0 unspecified atom stereocenters. The summed E-state index contributed by atoms with van der Waals surface area (Å²) in [6, 6.07) is 6.10. The van der Waals surface area contributed by atoms with Gasteiger partial charge in [0.05, 0.1) is 5.52 Å². The summed E-state index contributed by atoms with van der Waals surface area (Å²) in [4.78, 5) is 11.5. The van der Waals surface area contributed by atoms with Crippen LogP contribution in [0.2, 0.25) is 0 Å². The number of ether oxygens (including phenoxy) is 1. The molecule has 3 heteroatoms. The molecule has 84 valence electrons. The van der Waals surface area contributed by atoms with Crippen LogP contribution in [0.25, 0.3) is 10.9 Å². The average Bonchev–Trinajstić information content (AvgIpc) is 2.57. The van der Waals surface area contributed by atoms with Crippen LogP contribution in [0.4, 0.5) is 0 Å². The molecule has 0 spiro atoms. The fourth-order valence-corrected chi connectivity index (χ4v) is 1.94. The van der Waals surface area contributed by atoms with Gasteiger partial charge in [-0.1, -0.05) is 11.6 Å². The molecule has 0 aliphatic rings. The van der Waals surface area contributed by atoms with E-state index in [1.807, 2.05) is 35.9 Å². The molecular weight excluding hydrogens is 202 g/mol. The number of rotatable bonds is 3. The summed E-state index contributed by atoms with van der Waals surface area (Å²) in [5.74, 6) is 0.0884. The summed E-state index contributed by atoms with van der Waals surface area (Å²) in [5, 5.41) is 1.00. The molecule has 0 fully saturated rings. The van der Waals surface area contributed by atoms with Crippen LogP contribution in [0, 0.1) is 6.92 Å². The third-order valence-corrected chi connectivity index (χ3v) is 2.68. The second kappa shape index (κ2) is 4.10. The van der Waals surface area contributed by atoms with E-state index in [0.717, 1.165) is 22.0 Å². The number of hydrogen-bond donors (Lipinski definition) is 0. The predicted octanol–water partition coefficient (Wildman–Crippen LogP) is 2.76. The Morgan fingerprint density at radius 1 is 1.44 bits per heavy atom. The van der Waals surface area contributed by atoms with Crippen molar-refractivity contribution in [3.05, 3.63) is 35.5 Å². The second-order valence-corrected chi connectivity index (χ2v) is 4.01. The molecule has 0 amide bonds. The highest BCUT2D eigenvalue weighted by Gasteiger charge is 2.11. The zero-order valence-corrected chi connectivity index (χ0v) is 9.78. The molecule has 1 aromatic carbocycles. The maximum Gasteiger partial charge on any atom is 0.161 e. The molecule has 16 heavy (non-hydrogen) atoms. The van der Waals surface area contributed by atoms with Gasteiger partial charge in [0, 0.05) is 24.3 Å². The highest BCUT2D eigenvalue weighted by Crippen LogP contribution is 2.23. The zero-order chi connectivity index (χ0) is 11.7. The Morgan fingerprint density at radius 2 is 2.19 bits per heavy atom. The molecule has 0 radical (unpaired) electrons. The predicted molar refractivity (Wildman–Crippen MR) is 63.7 cm³/mol. The Hall–Kier alpha value is -1.61. The van der Waals surface area contributed by atoms with Crippen LogP contribution in [0.15, 0.2) is 24.4 Å². The van der Waals surface area contributed by atoms with Crippen molar-refractivity contribution in [2.45, 2.75) is 20.6 Å². The highest BCUT2D eigenvalue weighted by molar-refractivity contribution is 6.07. The van der Waals surface area contributed by atoms with E-state index >= 15 is 0 Å². The molecule has 1 heterocycles. The number of aryl methyl sites for hydroxylation is 1. The molecular formula is C13H15NO2. The molecule has 3 nitrogen and oxygen atoms in total. The number of hydrogen-bond acceptors (Lipinski definition) is 2. The lowest BCUT2D eigenvalue weighted by molar-refractivity contribution is 0.101. The number of Topliss-reactive ketones (excluding diaryl/α,β-unsaturated/α-hetero) is 1. The quantitative estimate of drug-likeness (QED) is 0.740. The van der Waals surface area contributed by atoms with Crippen molar-refractivity contribution in [2.24, 2.45) is 0 Å². The third kappa shape index (κ3) is 1.74. The van der Waals surface area contributed by atoms with Crippen molar-refractivity contribution in [2.75, 3.05) is 7.11 Å². The summed E-state index contributed by atoms with van der Waals surface area (Å²) >= 11 is 0. The zero-order valence-electron chi connectivity index (χ0n) is 9.78. The number of benzene rings is 1. The summed E-state index contributed by atoms with van der Waals surface area (Å²) in [6.45, 7) is 4.08. The van der Waals surface area contributed by atoms with Gasteiger partial charge in [-0.15, -0.1) is 0 Å². The lowest BCUT2D eigenvalue weighted by Gasteiger charge is -2.02. The summed E-state index contributed by atoms with van der Waals surface area (Å²) in [5.41, 5.74) is 2.96. The number of methoxy groups -OCH3 is 1. The van der Waals surface area contributed by atoms with E-state index in [9.17, 15) is 4.79 Å². The van der Waals surface area contributed by atoms with Crippen molar-refractivity contribution in [3.8, 4) is 0 Å². The standard InChI is InChI=1S/C13H15NO2/c1-9-4-5-13-11(6-9)12(10(2)15)7-14(13)8-16-3/h4-7H,8H2,1-3H3. The first-order valence-corrected chi connectivity index (χ1v) is 5.23. The molecule has 2 aromatic rings. The first kappa shape index (κ1) is 10.9. The Kier molecular flexibility index (Phi) is 2.79. The minimum absolute atomic E-state index is 0.0884. The van der Waals surface area contributed by atoms with Crippen molar-refractivity contribution in [1.29, 1.82) is 0 Å². The van der Waals surface area contributed by atoms with Crippen molar-refractivity contribution in [1.82, 2.24) is 4.57 Å². The Balaban J connectivity index is 2.71. The molecule has 1 aromatic heterocycles. The lowest BCUT2D eigenvalue weighted by atomic mass is 10.1. The van der Waals surface area contributed by atoms with Gasteiger partial charge in [-0.25, -0.2) is 0 Å². The van der Waals surface area contributed by atoms with Gasteiger partial charge in [-0.3, -0.25) is 4.79 Å². The highest BCUT2D eigenvalue weighted by atomic mass is 16.5. The van der Waals surface area contributed by atoms with E-state index < -0.39 is 0 Å². The van der Waals surface area contributed by atoms with Crippen LogP contribution < -0.4 is 0 Å². The normalized spacial score (nSPS) is 10.9. The van der Waals surface area contributed by atoms with Gasteiger partial charge in [-0.05, 0) is 26.0 Å². The fourth-order valence-electron chi connectivity index (χ4n) is 1.94. The molecule has 0 saturated heterocycles. The Labute approximate surface area is 94.6 Å². The first-order valence-electron chi connectivity index (χ1n) is 5.23. The minimum Gasteiger partial charge on any atom is -0.364 e. The number of ketones is 1. The number of carbonyl (C=O) groups is 1. The van der Waals surface area contributed by atoms with Gasteiger partial charge >= 0.3 is 0 Å². The smallest absolute Gasteiger partial charge is 0.161 e. The van der Waals surface area contributed by atoms with Gasteiger partial charge in [0.2, 0.25) is 0 Å². The number of aromatic nitrogens is 1. The third-order valence-electron chi connectivity index (χ3n) is 2.68. The molecule has 0 aliphatic heterocycles. The van der Waals surface area contributed by atoms with E-state index in [2.05, 4.69) is 0 Å². The Bertz CT molecular complexity index is 540. The monoisotopic (exact) mass is 217 g/mol. The minimum atomic E-state index is 0.0884. The van der Waals surface area contributed by atoms with Gasteiger partial charge in [0.1, 0.15) is 6.73 Å². The van der Waals surface area contributed by atoms with Gasteiger partial charge in [0.15, 0.2) is 5.78 Å². The maximum absolute atomic E-state index is 11.5. The van der Waals surface area contributed by atoms with Crippen molar-refractivity contribution < 1.29 is 9.53 Å². The van der Waals surface area contributed by atoms with Crippen LogP contribution in [0.3, 0.4) is 0 Å². The molecule has 0 bridgehead atoms. The summed E-state index contributed by atoms with van der Waals surface area (Å²) in [7, 11) is 1.65. The SMILES string of the molecule is COCn1cc(C(C)=O)c2cc(C)ccc21. The lowest BCUT2D eigenvalue weighted by Crippen LogP contribution is -1.97. The first-order chi connectivity index (χ1) is 7.63. The van der Waals surface area contributed by atoms with Crippen LogP contribution in [0.5, 0.6) is 0 Å². The van der Waals surface area contributed by atoms with Crippen LogP contribution in [-0.4, -0.2) is 17.5 Å². The average molecular weight is 217 g/mol. The van der Waals surface area contributed by atoms with Gasteiger partial charge in [-0.2, -0.15) is 0 Å². The molecule has 0 aliphatic carbocycles. The molecule has 0 N–H and O–H groups in total. The van der Waals surface area contributed by atoms with Crippen LogP contribution in [-0.2, 0) is 11.5 Å². The van der Waals surface area contributed by atoms with E-state index in [-0.39, 0.29) is 5.78 Å². The second-order valence-electron chi connectivity index (χ2n) is 4.01. The number of fused-ring (bicyclic) bond motifs is 1. The topological polar surface area (TPSA) is 31.2 Å². The Morgan fingerprint density at radius 3 is 2.81 bits per heavy atom. The van der Waals surface area contributed by atoms with Crippen LogP contribution in [0.1, 0.15) is 22.8 Å². The fraction of sp³-hybridized carbons (Fsp3) is 0.308. The maximum atomic E-state index is 11.5. The van der Waals surface area contributed by atoms with Crippen molar-refractivity contribution in [3.63, 3.8) is 0 Å². The van der Waals surface area contributed by atoms with Gasteiger partial charge in [0.25, 0.3) is 0 Å². The van der Waals surface area contributed by atoms with E-state index in [0.29, 0.717) is 6.73 Å². The molecule has 2 rings (SSSR count). The summed E-state index contributed by atoms with van der Waals surface area (Å²) in [6.07, 6.45) is 1.86. The van der Waals surface area contributed by atoms with E-state index in [4.69, 9.17) is 4.74 Å². The number of carbonyl (C=O) groups excluding carboxylic acids is 1. The van der Waals surface area contributed by atoms with E-state index in [1.165, 1.54) is 0 Å². The molecule has 0 saturated carbocycles. The van der Waals surface area contributed by atoms with E-state index in [1.54, 1.807) is 14.0 Å². The summed E-state index contributed by atoms with van der Waals surface area (Å²) < 4.78 is 7.06. The largest absolute Gasteiger partial charge is 0.364 e. The van der Waals surface area contributed by atoms with Crippen LogP contribution >= 0.6 is 0 Å². The number of nitrogens with zero attached hydrogens (tertiary/aromatic N) is 1. The molecule has 0 atom stereocenters.